The predicted molar refractivity (Wildman–Crippen MR) is 69.1 cm³/mol. The van der Waals surface area contributed by atoms with E-state index in [-0.39, 0.29) is 25.0 Å². The molecule has 0 aromatic rings. The number of hydrogen-bond donors (Lipinski definition) is 1. The first-order valence-electron chi connectivity index (χ1n) is 6.58. The third kappa shape index (κ3) is 4.87. The summed E-state index contributed by atoms with van der Waals surface area (Å²) in [5.74, 6) is -0.580. The zero-order valence-electron chi connectivity index (χ0n) is 11.6. The highest BCUT2D eigenvalue weighted by atomic mass is 16.5. The number of amides is 1. The number of rotatable bonds is 6. The van der Waals surface area contributed by atoms with Gasteiger partial charge in [-0.1, -0.05) is 0 Å². The van der Waals surface area contributed by atoms with E-state index in [9.17, 15) is 9.59 Å². The monoisotopic (exact) mass is 267 g/mol. The maximum atomic E-state index is 11.9. The van der Waals surface area contributed by atoms with E-state index in [1.807, 2.05) is 0 Å². The van der Waals surface area contributed by atoms with Crippen molar-refractivity contribution in [3.63, 3.8) is 0 Å². The van der Waals surface area contributed by atoms with Crippen molar-refractivity contribution in [2.75, 3.05) is 26.7 Å². The number of nitriles is 1. The first kappa shape index (κ1) is 15.4. The molecule has 0 aliphatic heterocycles. The minimum Gasteiger partial charge on any atom is -0.465 e. The van der Waals surface area contributed by atoms with E-state index >= 15 is 0 Å². The summed E-state index contributed by atoms with van der Waals surface area (Å²) in [6.45, 7) is 2.22. The van der Waals surface area contributed by atoms with Crippen LogP contribution in [0.5, 0.6) is 0 Å². The molecule has 1 aliphatic carbocycles. The molecule has 6 nitrogen and oxygen atoms in total. The van der Waals surface area contributed by atoms with Crippen molar-refractivity contribution < 1.29 is 14.3 Å². The summed E-state index contributed by atoms with van der Waals surface area (Å²) < 4.78 is 4.80. The van der Waals surface area contributed by atoms with Crippen molar-refractivity contribution >= 4 is 11.9 Å². The van der Waals surface area contributed by atoms with Crippen molar-refractivity contribution in [3.8, 4) is 6.07 Å². The lowest BCUT2D eigenvalue weighted by Crippen LogP contribution is -2.49. The number of nitrogens with one attached hydrogen (secondary N) is 1. The Bertz CT molecular complexity index is 370. The Morgan fingerprint density at radius 3 is 2.53 bits per heavy atom. The summed E-state index contributed by atoms with van der Waals surface area (Å²) in [6.07, 6.45) is 3.34. The van der Waals surface area contributed by atoms with Crippen LogP contribution in [-0.2, 0) is 14.3 Å². The third-order valence-corrected chi connectivity index (χ3v) is 3.17. The van der Waals surface area contributed by atoms with E-state index in [0.717, 1.165) is 12.8 Å². The van der Waals surface area contributed by atoms with Crippen LogP contribution < -0.4 is 5.32 Å². The average molecular weight is 267 g/mol. The number of hydrogen-bond acceptors (Lipinski definition) is 5. The second-order valence-corrected chi connectivity index (χ2v) is 4.93. The van der Waals surface area contributed by atoms with Gasteiger partial charge in [0.05, 0.1) is 25.8 Å². The Hall–Kier alpha value is -1.61. The molecule has 0 heterocycles. The Balaban J connectivity index is 2.38. The van der Waals surface area contributed by atoms with E-state index in [0.29, 0.717) is 19.4 Å². The van der Waals surface area contributed by atoms with Crippen LogP contribution >= 0.6 is 0 Å². The first-order chi connectivity index (χ1) is 9.01. The summed E-state index contributed by atoms with van der Waals surface area (Å²) in [4.78, 5) is 24.7. The first-order valence-corrected chi connectivity index (χ1v) is 6.58. The lowest BCUT2D eigenvalue weighted by molar-refractivity contribution is -0.144. The van der Waals surface area contributed by atoms with Gasteiger partial charge in [-0.05, 0) is 39.7 Å². The SMILES string of the molecule is CCOC(=O)CN(C)CC(=O)NC1(C#N)CCCC1. The lowest BCUT2D eigenvalue weighted by Gasteiger charge is -2.23. The standard InChI is InChI=1S/C13H21N3O3/c1-3-19-12(18)9-16(2)8-11(17)15-13(10-14)6-4-5-7-13/h3-9H2,1-2H3,(H,15,17). The minimum absolute atomic E-state index is 0.0703. The molecule has 0 radical (unpaired) electrons. The molecule has 1 aliphatic rings. The van der Waals surface area contributed by atoms with Crippen LogP contribution in [0.25, 0.3) is 0 Å². The molecule has 0 aromatic carbocycles. The molecular weight excluding hydrogens is 246 g/mol. The lowest BCUT2D eigenvalue weighted by atomic mass is 10.00. The van der Waals surface area contributed by atoms with Gasteiger partial charge in [-0.3, -0.25) is 14.5 Å². The highest BCUT2D eigenvalue weighted by Gasteiger charge is 2.35. The van der Waals surface area contributed by atoms with Crippen molar-refractivity contribution in [1.82, 2.24) is 10.2 Å². The molecule has 0 bridgehead atoms. The van der Waals surface area contributed by atoms with Gasteiger partial charge in [0.25, 0.3) is 0 Å². The fraction of sp³-hybridized carbons (Fsp3) is 0.769. The van der Waals surface area contributed by atoms with Gasteiger partial charge in [0.1, 0.15) is 5.54 Å². The number of carbonyl (C=O) groups is 2. The third-order valence-electron chi connectivity index (χ3n) is 3.17. The van der Waals surface area contributed by atoms with Crippen LogP contribution in [0.1, 0.15) is 32.6 Å². The maximum absolute atomic E-state index is 11.9. The Labute approximate surface area is 113 Å². The maximum Gasteiger partial charge on any atom is 0.320 e. The van der Waals surface area contributed by atoms with E-state index in [4.69, 9.17) is 10.00 Å². The van der Waals surface area contributed by atoms with Crippen molar-refractivity contribution in [3.05, 3.63) is 0 Å². The van der Waals surface area contributed by atoms with Gasteiger partial charge in [0.2, 0.25) is 5.91 Å². The molecule has 1 amide bonds. The van der Waals surface area contributed by atoms with Crippen molar-refractivity contribution in [1.29, 1.82) is 5.26 Å². The second kappa shape index (κ2) is 7.10. The summed E-state index contributed by atoms with van der Waals surface area (Å²) >= 11 is 0. The Kier molecular flexibility index (Phi) is 5.77. The summed E-state index contributed by atoms with van der Waals surface area (Å²) in [5, 5.41) is 11.9. The molecule has 1 fully saturated rings. The van der Waals surface area contributed by atoms with Gasteiger partial charge in [-0.2, -0.15) is 5.26 Å². The number of esters is 1. The molecule has 0 spiro atoms. The molecule has 0 unspecified atom stereocenters. The van der Waals surface area contributed by atoms with E-state index in [1.54, 1.807) is 18.9 Å². The number of nitrogens with zero attached hydrogens (tertiary/aromatic N) is 2. The molecule has 0 atom stereocenters. The van der Waals surface area contributed by atoms with E-state index < -0.39 is 5.54 Å². The van der Waals surface area contributed by atoms with Crippen LogP contribution in [-0.4, -0.2) is 49.1 Å². The summed E-state index contributed by atoms with van der Waals surface area (Å²) in [6, 6.07) is 2.20. The number of ether oxygens (including phenoxy) is 1. The van der Waals surface area contributed by atoms with Crippen LogP contribution in [0.3, 0.4) is 0 Å². The van der Waals surface area contributed by atoms with Gasteiger partial charge < -0.3 is 10.1 Å². The fourth-order valence-corrected chi connectivity index (χ4v) is 2.28. The van der Waals surface area contributed by atoms with Crippen LogP contribution in [0.4, 0.5) is 0 Å². The number of likely N-dealkylation sites (N-methyl/N-ethyl adjacent to an activating group) is 1. The van der Waals surface area contributed by atoms with Crippen LogP contribution in [0.2, 0.25) is 0 Å². The summed E-state index contributed by atoms with van der Waals surface area (Å²) in [7, 11) is 1.67. The highest BCUT2D eigenvalue weighted by Crippen LogP contribution is 2.28. The molecule has 0 saturated heterocycles. The molecule has 6 heteroatoms. The van der Waals surface area contributed by atoms with Crippen LogP contribution in [0.15, 0.2) is 0 Å². The Morgan fingerprint density at radius 1 is 1.37 bits per heavy atom. The van der Waals surface area contributed by atoms with E-state index in [2.05, 4.69) is 11.4 Å². The number of carbonyl (C=O) groups excluding carboxylic acids is 2. The zero-order valence-corrected chi connectivity index (χ0v) is 11.6. The molecule has 0 aromatic heterocycles. The minimum atomic E-state index is -0.706. The fourth-order valence-electron chi connectivity index (χ4n) is 2.28. The van der Waals surface area contributed by atoms with Gasteiger partial charge in [0, 0.05) is 0 Å². The second-order valence-electron chi connectivity index (χ2n) is 4.93. The normalized spacial score (nSPS) is 16.9. The van der Waals surface area contributed by atoms with Gasteiger partial charge in [-0.25, -0.2) is 0 Å². The Morgan fingerprint density at radius 2 is 2.00 bits per heavy atom. The zero-order chi connectivity index (χ0) is 14.3. The van der Waals surface area contributed by atoms with Gasteiger partial charge in [0.15, 0.2) is 0 Å². The molecule has 106 valence electrons. The quantitative estimate of drug-likeness (QED) is 0.706. The molecular formula is C13H21N3O3. The molecule has 1 saturated carbocycles. The van der Waals surface area contributed by atoms with Gasteiger partial charge in [-0.15, -0.1) is 0 Å². The van der Waals surface area contributed by atoms with Crippen LogP contribution in [0, 0.1) is 11.3 Å². The largest absolute Gasteiger partial charge is 0.465 e. The topological polar surface area (TPSA) is 82.4 Å². The molecule has 1 rings (SSSR count). The van der Waals surface area contributed by atoms with Crippen molar-refractivity contribution in [2.45, 2.75) is 38.1 Å². The highest BCUT2D eigenvalue weighted by molar-refractivity contribution is 5.80. The molecule has 19 heavy (non-hydrogen) atoms. The summed E-state index contributed by atoms with van der Waals surface area (Å²) in [5.41, 5.74) is -0.706. The average Bonchev–Trinajstić information content (AvgIpc) is 2.77. The predicted octanol–water partition coefficient (Wildman–Crippen LogP) is 0.434. The van der Waals surface area contributed by atoms with Gasteiger partial charge >= 0.3 is 5.97 Å². The van der Waals surface area contributed by atoms with Crippen molar-refractivity contribution in [2.24, 2.45) is 0 Å². The van der Waals surface area contributed by atoms with E-state index in [1.165, 1.54) is 0 Å². The molecule has 1 N–H and O–H groups in total. The smallest absolute Gasteiger partial charge is 0.320 e.